The van der Waals surface area contributed by atoms with Gasteiger partial charge in [-0.15, -0.1) is 0 Å². The van der Waals surface area contributed by atoms with Crippen LogP contribution in [0.25, 0.3) is 0 Å². The fourth-order valence-corrected chi connectivity index (χ4v) is 2.28. The lowest BCUT2D eigenvalue weighted by atomic mass is 10.1. The molecule has 0 saturated carbocycles. The van der Waals surface area contributed by atoms with Crippen molar-refractivity contribution in [2.24, 2.45) is 0 Å². The van der Waals surface area contributed by atoms with Gasteiger partial charge in [-0.25, -0.2) is 0 Å². The molecule has 1 amide bonds. The molecular formula is C20H17NO2. The molecule has 0 unspecified atom stereocenters. The molecule has 23 heavy (non-hydrogen) atoms. The summed E-state index contributed by atoms with van der Waals surface area (Å²) in [7, 11) is 1.77. The standard InChI is InChI=1S/C20H17NO2/c1-21(17-10-4-2-5-11-17)20(22)16-9-8-14-19(15-16)23-18-12-6-3-7-13-18/h2-15H,1H3. The zero-order chi connectivity index (χ0) is 16.1. The van der Waals surface area contributed by atoms with E-state index >= 15 is 0 Å². The van der Waals surface area contributed by atoms with Crippen LogP contribution in [-0.2, 0) is 0 Å². The first-order valence-corrected chi connectivity index (χ1v) is 7.40. The Morgan fingerprint density at radius 1 is 0.783 bits per heavy atom. The molecule has 0 aromatic heterocycles. The summed E-state index contributed by atoms with van der Waals surface area (Å²) < 4.78 is 5.78. The molecule has 0 radical (unpaired) electrons. The van der Waals surface area contributed by atoms with E-state index in [1.54, 1.807) is 24.1 Å². The largest absolute Gasteiger partial charge is 0.457 e. The van der Waals surface area contributed by atoms with Gasteiger partial charge in [-0.3, -0.25) is 4.79 Å². The molecule has 0 aliphatic heterocycles. The molecule has 0 aliphatic rings. The molecule has 0 spiro atoms. The van der Waals surface area contributed by atoms with Crippen LogP contribution >= 0.6 is 0 Å². The Hall–Kier alpha value is -3.07. The van der Waals surface area contributed by atoms with Gasteiger partial charge in [-0.2, -0.15) is 0 Å². The lowest BCUT2D eigenvalue weighted by molar-refractivity contribution is 0.0992. The lowest BCUT2D eigenvalue weighted by Crippen LogP contribution is -2.26. The predicted molar refractivity (Wildman–Crippen MR) is 92.1 cm³/mol. The highest BCUT2D eigenvalue weighted by molar-refractivity contribution is 6.05. The molecule has 3 aromatic rings. The van der Waals surface area contributed by atoms with Crippen LogP contribution in [0, 0.1) is 0 Å². The second-order valence-corrected chi connectivity index (χ2v) is 5.14. The monoisotopic (exact) mass is 303 g/mol. The van der Waals surface area contributed by atoms with Crippen molar-refractivity contribution in [2.75, 3.05) is 11.9 Å². The molecule has 0 N–H and O–H groups in total. The van der Waals surface area contributed by atoms with Crippen LogP contribution in [0.3, 0.4) is 0 Å². The summed E-state index contributed by atoms with van der Waals surface area (Å²) in [6.45, 7) is 0. The van der Waals surface area contributed by atoms with Crippen LogP contribution in [0.4, 0.5) is 5.69 Å². The average Bonchev–Trinajstić information content (AvgIpc) is 2.62. The average molecular weight is 303 g/mol. The van der Waals surface area contributed by atoms with Crippen molar-refractivity contribution in [1.82, 2.24) is 0 Å². The maximum absolute atomic E-state index is 12.6. The number of hydrogen-bond donors (Lipinski definition) is 0. The zero-order valence-electron chi connectivity index (χ0n) is 12.8. The Labute approximate surface area is 135 Å². The quantitative estimate of drug-likeness (QED) is 0.695. The van der Waals surface area contributed by atoms with E-state index in [0.29, 0.717) is 11.3 Å². The minimum atomic E-state index is -0.0743. The number of carbonyl (C=O) groups excluding carboxylic acids is 1. The summed E-state index contributed by atoms with van der Waals surface area (Å²) in [6, 6.07) is 26.3. The first-order valence-electron chi connectivity index (χ1n) is 7.40. The third-order valence-corrected chi connectivity index (χ3v) is 3.51. The van der Waals surface area contributed by atoms with Gasteiger partial charge in [0.1, 0.15) is 11.5 Å². The summed E-state index contributed by atoms with van der Waals surface area (Å²) in [6.07, 6.45) is 0. The molecule has 3 nitrogen and oxygen atoms in total. The summed E-state index contributed by atoms with van der Waals surface area (Å²) >= 11 is 0. The number of para-hydroxylation sites is 2. The van der Waals surface area contributed by atoms with E-state index < -0.39 is 0 Å². The van der Waals surface area contributed by atoms with Crippen LogP contribution in [0.5, 0.6) is 11.5 Å². The van der Waals surface area contributed by atoms with Crippen LogP contribution in [-0.4, -0.2) is 13.0 Å². The molecule has 3 heteroatoms. The van der Waals surface area contributed by atoms with Gasteiger partial charge >= 0.3 is 0 Å². The Balaban J connectivity index is 1.80. The van der Waals surface area contributed by atoms with E-state index in [1.165, 1.54) is 0 Å². The number of anilines is 1. The molecule has 0 fully saturated rings. The SMILES string of the molecule is CN(C(=O)c1cccc(Oc2ccccc2)c1)c1ccccc1. The summed E-state index contributed by atoms with van der Waals surface area (Å²) in [5, 5.41) is 0. The molecule has 3 rings (SSSR count). The van der Waals surface area contributed by atoms with Gasteiger partial charge < -0.3 is 9.64 Å². The van der Waals surface area contributed by atoms with E-state index in [2.05, 4.69) is 0 Å². The van der Waals surface area contributed by atoms with Gasteiger partial charge in [0.05, 0.1) is 0 Å². The Morgan fingerprint density at radius 3 is 2.09 bits per heavy atom. The molecule has 0 bridgehead atoms. The highest BCUT2D eigenvalue weighted by atomic mass is 16.5. The van der Waals surface area contributed by atoms with Gasteiger partial charge in [0.25, 0.3) is 5.91 Å². The van der Waals surface area contributed by atoms with E-state index in [-0.39, 0.29) is 5.91 Å². The van der Waals surface area contributed by atoms with E-state index in [9.17, 15) is 4.79 Å². The van der Waals surface area contributed by atoms with Crippen molar-refractivity contribution in [1.29, 1.82) is 0 Å². The normalized spacial score (nSPS) is 10.1. The van der Waals surface area contributed by atoms with Gasteiger partial charge in [0.2, 0.25) is 0 Å². The summed E-state index contributed by atoms with van der Waals surface area (Å²) in [5.74, 6) is 1.31. The van der Waals surface area contributed by atoms with Gasteiger partial charge in [-0.05, 0) is 42.5 Å². The molecule has 0 atom stereocenters. The van der Waals surface area contributed by atoms with E-state index in [0.717, 1.165) is 11.4 Å². The first kappa shape index (κ1) is 14.9. The maximum atomic E-state index is 12.6. The summed E-state index contributed by atoms with van der Waals surface area (Å²) in [4.78, 5) is 14.2. The van der Waals surface area contributed by atoms with Crippen molar-refractivity contribution in [3.05, 3.63) is 90.5 Å². The fourth-order valence-electron chi connectivity index (χ4n) is 2.28. The number of amides is 1. The topological polar surface area (TPSA) is 29.5 Å². The van der Waals surface area contributed by atoms with Gasteiger partial charge in [0.15, 0.2) is 0 Å². The van der Waals surface area contributed by atoms with Gasteiger partial charge in [0, 0.05) is 18.3 Å². The smallest absolute Gasteiger partial charge is 0.258 e. The molecule has 114 valence electrons. The minimum absolute atomic E-state index is 0.0743. The number of nitrogens with zero attached hydrogens (tertiary/aromatic N) is 1. The molecule has 0 heterocycles. The molecule has 0 aliphatic carbocycles. The lowest BCUT2D eigenvalue weighted by Gasteiger charge is -2.17. The van der Waals surface area contributed by atoms with Crippen LogP contribution in [0.15, 0.2) is 84.9 Å². The number of hydrogen-bond acceptors (Lipinski definition) is 2. The Morgan fingerprint density at radius 2 is 1.39 bits per heavy atom. The molecule has 0 saturated heterocycles. The second-order valence-electron chi connectivity index (χ2n) is 5.14. The minimum Gasteiger partial charge on any atom is -0.457 e. The van der Waals surface area contributed by atoms with E-state index in [4.69, 9.17) is 4.74 Å². The number of rotatable bonds is 4. The Bertz CT molecular complexity index is 785. The fraction of sp³-hybridized carbons (Fsp3) is 0.0500. The van der Waals surface area contributed by atoms with Gasteiger partial charge in [-0.1, -0.05) is 42.5 Å². The third-order valence-electron chi connectivity index (χ3n) is 3.51. The van der Waals surface area contributed by atoms with E-state index in [1.807, 2.05) is 72.8 Å². The van der Waals surface area contributed by atoms with Crippen LogP contribution in [0.2, 0.25) is 0 Å². The number of benzene rings is 3. The van der Waals surface area contributed by atoms with Crippen molar-refractivity contribution >= 4 is 11.6 Å². The highest BCUT2D eigenvalue weighted by Crippen LogP contribution is 2.23. The number of carbonyl (C=O) groups is 1. The van der Waals surface area contributed by atoms with Crippen molar-refractivity contribution in [3.8, 4) is 11.5 Å². The maximum Gasteiger partial charge on any atom is 0.258 e. The van der Waals surface area contributed by atoms with Crippen molar-refractivity contribution < 1.29 is 9.53 Å². The van der Waals surface area contributed by atoms with Crippen LogP contribution < -0.4 is 9.64 Å². The van der Waals surface area contributed by atoms with Crippen molar-refractivity contribution in [2.45, 2.75) is 0 Å². The van der Waals surface area contributed by atoms with Crippen molar-refractivity contribution in [3.63, 3.8) is 0 Å². The third kappa shape index (κ3) is 3.58. The number of ether oxygens (including phenoxy) is 1. The Kier molecular flexibility index (Phi) is 4.39. The molecule has 3 aromatic carbocycles. The predicted octanol–water partition coefficient (Wildman–Crippen LogP) is 4.76. The summed E-state index contributed by atoms with van der Waals surface area (Å²) in [5.41, 5.74) is 1.44. The molecular weight excluding hydrogens is 286 g/mol. The highest BCUT2D eigenvalue weighted by Gasteiger charge is 2.14. The second kappa shape index (κ2) is 6.79. The van der Waals surface area contributed by atoms with Crippen LogP contribution in [0.1, 0.15) is 10.4 Å². The zero-order valence-corrected chi connectivity index (χ0v) is 12.8. The first-order chi connectivity index (χ1) is 11.2.